The number of alkyl carbamates (subject to hydrolysis) is 1. The van der Waals surface area contributed by atoms with Crippen molar-refractivity contribution in [3.8, 4) is 0 Å². The lowest BCUT2D eigenvalue weighted by Gasteiger charge is -2.24. The molecular formula is C17H35N5O5. The molecule has 0 aliphatic heterocycles. The molecule has 0 aromatic heterocycles. The van der Waals surface area contributed by atoms with Crippen LogP contribution in [0, 0.1) is 5.92 Å². The summed E-state index contributed by atoms with van der Waals surface area (Å²) in [5.74, 6) is 4.73. The molecule has 2 amide bonds. The predicted molar refractivity (Wildman–Crippen MR) is 101 cm³/mol. The molecule has 1 atom stereocenters. The highest BCUT2D eigenvalue weighted by molar-refractivity contribution is 5.78. The van der Waals surface area contributed by atoms with Crippen molar-refractivity contribution >= 4 is 18.0 Å². The van der Waals surface area contributed by atoms with Gasteiger partial charge in [-0.3, -0.25) is 26.3 Å². The summed E-state index contributed by atoms with van der Waals surface area (Å²) in [6, 6.07) is -0.475. The highest BCUT2D eigenvalue weighted by Gasteiger charge is 2.22. The van der Waals surface area contributed by atoms with Crippen molar-refractivity contribution in [1.82, 2.24) is 21.2 Å². The van der Waals surface area contributed by atoms with Crippen molar-refractivity contribution in [1.29, 1.82) is 0 Å². The zero-order chi connectivity index (χ0) is 21.0. The molecule has 27 heavy (non-hydrogen) atoms. The molecule has 0 bridgehead atoms. The summed E-state index contributed by atoms with van der Waals surface area (Å²) >= 11 is 0. The van der Waals surface area contributed by atoms with E-state index in [0.29, 0.717) is 19.6 Å². The monoisotopic (exact) mass is 389 g/mol. The standard InChI is InChI=1S/C17H35N5O5/c1-12(2)11-26-15(24)10-22(6)21-14(23)9-13(7-8-19-18)20-16(25)27-17(3,4)5/h12-13,19H,7-11,18H2,1-6H3,(H,20,25)(H,21,23)/t13-/m0/s1. The maximum atomic E-state index is 12.2. The normalized spacial score (nSPS) is 12.6. The highest BCUT2D eigenvalue weighted by atomic mass is 16.6. The first kappa shape index (κ1) is 25.1. The zero-order valence-corrected chi connectivity index (χ0v) is 17.3. The van der Waals surface area contributed by atoms with Crippen molar-refractivity contribution in [2.75, 3.05) is 26.7 Å². The van der Waals surface area contributed by atoms with Crippen LogP contribution in [0.25, 0.3) is 0 Å². The molecule has 0 saturated carbocycles. The highest BCUT2D eigenvalue weighted by Crippen LogP contribution is 2.08. The first-order valence-electron chi connectivity index (χ1n) is 9.02. The molecule has 0 aromatic rings. The van der Waals surface area contributed by atoms with Crippen molar-refractivity contribution in [3.05, 3.63) is 0 Å². The zero-order valence-electron chi connectivity index (χ0n) is 17.3. The molecular weight excluding hydrogens is 354 g/mol. The maximum absolute atomic E-state index is 12.2. The Bertz CT molecular complexity index is 479. The molecule has 0 saturated heterocycles. The summed E-state index contributed by atoms with van der Waals surface area (Å²) in [6.45, 7) is 9.79. The predicted octanol–water partition coefficient (Wildman–Crippen LogP) is 0.285. The van der Waals surface area contributed by atoms with Gasteiger partial charge in [0.15, 0.2) is 0 Å². The Hall–Kier alpha value is -1.91. The van der Waals surface area contributed by atoms with E-state index in [4.69, 9.17) is 15.3 Å². The number of nitrogens with two attached hydrogens (primary N) is 1. The van der Waals surface area contributed by atoms with Crippen molar-refractivity contribution in [2.24, 2.45) is 11.8 Å². The van der Waals surface area contributed by atoms with E-state index < -0.39 is 23.7 Å². The van der Waals surface area contributed by atoms with Gasteiger partial charge in [0.2, 0.25) is 5.91 Å². The van der Waals surface area contributed by atoms with E-state index >= 15 is 0 Å². The molecule has 0 heterocycles. The van der Waals surface area contributed by atoms with Gasteiger partial charge in [-0.1, -0.05) is 13.8 Å². The number of nitrogens with one attached hydrogen (secondary N) is 3. The van der Waals surface area contributed by atoms with Crippen molar-refractivity contribution in [2.45, 2.75) is 59.1 Å². The number of rotatable bonds is 11. The fraction of sp³-hybridized carbons (Fsp3) is 0.824. The Balaban J connectivity index is 4.49. The van der Waals surface area contributed by atoms with E-state index in [1.165, 1.54) is 5.01 Å². The van der Waals surface area contributed by atoms with Gasteiger partial charge in [-0.15, -0.1) is 0 Å². The minimum atomic E-state index is -0.639. The number of nitrogens with zero attached hydrogens (tertiary/aromatic N) is 1. The van der Waals surface area contributed by atoms with Gasteiger partial charge in [-0.05, 0) is 33.1 Å². The number of likely N-dealkylation sites (N-methyl/N-ethyl adjacent to an activating group) is 1. The summed E-state index contributed by atoms with van der Waals surface area (Å²) in [6.07, 6.45) is -0.168. The fourth-order valence-corrected chi connectivity index (χ4v) is 1.98. The van der Waals surface area contributed by atoms with Crippen LogP contribution in [0.2, 0.25) is 0 Å². The Morgan fingerprint density at radius 2 is 1.81 bits per heavy atom. The quantitative estimate of drug-likeness (QED) is 0.225. The van der Waals surface area contributed by atoms with Crippen LogP contribution in [0.3, 0.4) is 0 Å². The topological polar surface area (TPSA) is 135 Å². The van der Waals surface area contributed by atoms with E-state index in [9.17, 15) is 14.4 Å². The lowest BCUT2D eigenvalue weighted by Crippen LogP contribution is -2.47. The van der Waals surface area contributed by atoms with Crippen LogP contribution in [-0.2, 0) is 19.1 Å². The van der Waals surface area contributed by atoms with Crippen molar-refractivity contribution in [3.63, 3.8) is 0 Å². The SMILES string of the molecule is CC(C)COC(=O)CN(C)NC(=O)C[C@H](CCNN)NC(=O)OC(C)(C)C. The minimum Gasteiger partial charge on any atom is -0.464 e. The molecule has 158 valence electrons. The fourth-order valence-electron chi connectivity index (χ4n) is 1.98. The summed E-state index contributed by atoms with van der Waals surface area (Å²) in [7, 11) is 1.56. The Labute approximate surface area is 161 Å². The molecule has 0 aromatic carbocycles. The summed E-state index contributed by atoms with van der Waals surface area (Å²) in [5, 5.41) is 4.00. The summed E-state index contributed by atoms with van der Waals surface area (Å²) < 4.78 is 10.3. The molecule has 0 aliphatic rings. The van der Waals surface area contributed by atoms with Crippen LogP contribution in [0.15, 0.2) is 0 Å². The number of amides is 2. The molecule has 10 nitrogen and oxygen atoms in total. The maximum Gasteiger partial charge on any atom is 0.407 e. The van der Waals surface area contributed by atoms with E-state index in [2.05, 4.69) is 16.2 Å². The summed E-state index contributed by atoms with van der Waals surface area (Å²) in [4.78, 5) is 35.8. The second-order valence-electron chi connectivity index (χ2n) is 7.76. The van der Waals surface area contributed by atoms with Gasteiger partial charge in [-0.25, -0.2) is 9.80 Å². The molecule has 10 heteroatoms. The van der Waals surface area contributed by atoms with Gasteiger partial charge < -0.3 is 14.8 Å². The number of hydrogen-bond acceptors (Lipinski definition) is 8. The lowest BCUT2D eigenvalue weighted by atomic mass is 10.1. The Morgan fingerprint density at radius 1 is 1.19 bits per heavy atom. The molecule has 0 aliphatic carbocycles. The largest absolute Gasteiger partial charge is 0.464 e. The molecule has 0 fully saturated rings. The molecule has 5 N–H and O–H groups in total. The first-order valence-corrected chi connectivity index (χ1v) is 9.02. The van der Waals surface area contributed by atoms with Gasteiger partial charge in [0, 0.05) is 26.1 Å². The average Bonchev–Trinajstić information content (AvgIpc) is 2.48. The van der Waals surface area contributed by atoms with Crippen LogP contribution in [0.4, 0.5) is 4.79 Å². The first-order chi connectivity index (χ1) is 12.4. The summed E-state index contributed by atoms with van der Waals surface area (Å²) in [5.41, 5.74) is 4.42. The van der Waals surface area contributed by atoms with E-state index in [-0.39, 0.29) is 24.8 Å². The van der Waals surface area contributed by atoms with Gasteiger partial charge in [0.25, 0.3) is 0 Å². The minimum absolute atomic E-state index is 0.00625. The third-order valence-corrected chi connectivity index (χ3v) is 3.05. The second-order valence-corrected chi connectivity index (χ2v) is 7.76. The van der Waals surface area contributed by atoms with Gasteiger partial charge in [0.1, 0.15) is 12.1 Å². The van der Waals surface area contributed by atoms with E-state index in [1.54, 1.807) is 27.8 Å². The van der Waals surface area contributed by atoms with Gasteiger partial charge in [0.05, 0.1) is 6.61 Å². The molecule has 0 spiro atoms. The average molecular weight is 389 g/mol. The smallest absolute Gasteiger partial charge is 0.407 e. The number of esters is 1. The number of carbonyl (C=O) groups excluding carboxylic acids is 3. The van der Waals surface area contributed by atoms with Crippen LogP contribution < -0.4 is 22.0 Å². The van der Waals surface area contributed by atoms with Crippen molar-refractivity contribution < 1.29 is 23.9 Å². The number of ether oxygens (including phenoxy) is 2. The third-order valence-electron chi connectivity index (χ3n) is 3.05. The molecule has 0 radical (unpaired) electrons. The number of carbonyl (C=O) groups is 3. The second kappa shape index (κ2) is 12.5. The van der Waals surface area contributed by atoms with Crippen LogP contribution in [-0.4, -0.2) is 61.4 Å². The third kappa shape index (κ3) is 14.9. The van der Waals surface area contributed by atoms with E-state index in [1.807, 2.05) is 13.8 Å². The van der Waals surface area contributed by atoms with Crippen LogP contribution in [0.1, 0.15) is 47.5 Å². The Kier molecular flexibility index (Phi) is 11.6. The van der Waals surface area contributed by atoms with Crippen LogP contribution >= 0.6 is 0 Å². The lowest BCUT2D eigenvalue weighted by molar-refractivity contribution is -0.147. The number of hydrazine groups is 2. The Morgan fingerprint density at radius 3 is 2.33 bits per heavy atom. The molecule has 0 unspecified atom stereocenters. The van der Waals surface area contributed by atoms with Crippen LogP contribution in [0.5, 0.6) is 0 Å². The molecule has 0 rings (SSSR count). The van der Waals surface area contributed by atoms with Gasteiger partial charge in [-0.2, -0.15) is 0 Å². The van der Waals surface area contributed by atoms with E-state index in [0.717, 1.165) is 0 Å². The van der Waals surface area contributed by atoms with Gasteiger partial charge >= 0.3 is 12.1 Å². The number of hydrogen-bond donors (Lipinski definition) is 4.